The second-order valence-electron chi connectivity index (χ2n) is 4.82. The monoisotopic (exact) mass is 333 g/mol. The lowest BCUT2D eigenvalue weighted by molar-refractivity contribution is -0.136. The molecule has 3 aromatic rings. The SMILES string of the molecule is CC(Sc1ncnc2c1nnn2Cc1ccc(F)cc1)C(=O)O. The molecule has 0 fully saturated rings. The van der Waals surface area contributed by atoms with Crippen LogP contribution in [0.1, 0.15) is 12.5 Å². The number of carbonyl (C=O) groups is 1. The Hall–Kier alpha value is -2.55. The topological polar surface area (TPSA) is 93.8 Å². The minimum absolute atomic E-state index is 0.305. The van der Waals surface area contributed by atoms with Crippen LogP contribution in [-0.2, 0) is 11.3 Å². The highest BCUT2D eigenvalue weighted by molar-refractivity contribution is 8.00. The molecule has 0 saturated carbocycles. The van der Waals surface area contributed by atoms with Crippen molar-refractivity contribution in [2.24, 2.45) is 0 Å². The van der Waals surface area contributed by atoms with Crippen LogP contribution in [0.4, 0.5) is 4.39 Å². The maximum atomic E-state index is 13.0. The van der Waals surface area contributed by atoms with Crippen molar-refractivity contribution < 1.29 is 14.3 Å². The number of thioether (sulfide) groups is 1. The second kappa shape index (κ2) is 6.29. The Morgan fingerprint density at radius 2 is 2.09 bits per heavy atom. The average molecular weight is 333 g/mol. The molecule has 1 aromatic carbocycles. The van der Waals surface area contributed by atoms with Crippen molar-refractivity contribution in [3.63, 3.8) is 0 Å². The largest absolute Gasteiger partial charge is 0.480 e. The highest BCUT2D eigenvalue weighted by Crippen LogP contribution is 2.26. The molecule has 23 heavy (non-hydrogen) atoms. The van der Waals surface area contributed by atoms with Gasteiger partial charge in [0.15, 0.2) is 11.2 Å². The smallest absolute Gasteiger partial charge is 0.316 e. The molecular weight excluding hydrogens is 321 g/mol. The Balaban J connectivity index is 1.91. The number of carboxylic acid groups (broad SMARTS) is 1. The molecule has 1 atom stereocenters. The highest BCUT2D eigenvalue weighted by atomic mass is 32.2. The molecule has 0 aliphatic rings. The molecule has 9 heteroatoms. The Labute approximate surface area is 134 Å². The summed E-state index contributed by atoms with van der Waals surface area (Å²) in [6.07, 6.45) is 1.35. The van der Waals surface area contributed by atoms with Crippen molar-refractivity contribution in [3.05, 3.63) is 42.0 Å². The van der Waals surface area contributed by atoms with Crippen molar-refractivity contribution in [3.8, 4) is 0 Å². The van der Waals surface area contributed by atoms with Crippen LogP contribution in [-0.4, -0.2) is 41.3 Å². The van der Waals surface area contributed by atoms with Gasteiger partial charge in [0.25, 0.3) is 0 Å². The van der Waals surface area contributed by atoms with Crippen molar-refractivity contribution in [1.29, 1.82) is 0 Å². The summed E-state index contributed by atoms with van der Waals surface area (Å²) in [5.74, 6) is -1.23. The standard InChI is InChI=1S/C14H12FN5O2S/c1-8(14(21)22)23-13-11-12(16-7-17-13)20(19-18-11)6-9-2-4-10(15)5-3-9/h2-5,7-8H,6H2,1H3,(H,21,22). The number of rotatable bonds is 5. The molecular formula is C14H12FN5O2S. The molecule has 1 N–H and O–H groups in total. The Morgan fingerprint density at radius 3 is 2.78 bits per heavy atom. The van der Waals surface area contributed by atoms with Crippen LogP contribution in [0.3, 0.4) is 0 Å². The molecule has 0 bridgehead atoms. The summed E-state index contributed by atoms with van der Waals surface area (Å²) < 4.78 is 14.5. The van der Waals surface area contributed by atoms with Gasteiger partial charge in [0, 0.05) is 0 Å². The van der Waals surface area contributed by atoms with Crippen molar-refractivity contribution in [2.75, 3.05) is 0 Å². The third kappa shape index (κ3) is 3.29. The number of hydrogen-bond acceptors (Lipinski definition) is 6. The number of carboxylic acids is 1. The number of hydrogen-bond donors (Lipinski definition) is 1. The van der Waals surface area contributed by atoms with Crippen LogP contribution in [0, 0.1) is 5.82 Å². The molecule has 1 unspecified atom stereocenters. The van der Waals surface area contributed by atoms with E-state index >= 15 is 0 Å². The van der Waals surface area contributed by atoms with Crippen LogP contribution in [0.2, 0.25) is 0 Å². The van der Waals surface area contributed by atoms with Gasteiger partial charge in [-0.15, -0.1) is 5.10 Å². The zero-order valence-corrected chi connectivity index (χ0v) is 12.9. The summed E-state index contributed by atoms with van der Waals surface area (Å²) >= 11 is 1.09. The van der Waals surface area contributed by atoms with E-state index in [0.29, 0.717) is 22.7 Å². The zero-order valence-electron chi connectivity index (χ0n) is 12.0. The summed E-state index contributed by atoms with van der Waals surface area (Å²) in [6.45, 7) is 1.95. The molecule has 2 aromatic heterocycles. The third-order valence-corrected chi connectivity index (χ3v) is 4.23. The van der Waals surface area contributed by atoms with Gasteiger partial charge in [0.1, 0.15) is 22.4 Å². The summed E-state index contributed by atoms with van der Waals surface area (Å²) in [7, 11) is 0. The van der Waals surface area contributed by atoms with Crippen molar-refractivity contribution in [1.82, 2.24) is 25.0 Å². The predicted octanol–water partition coefficient (Wildman–Crippen LogP) is 1.97. The normalized spacial score (nSPS) is 12.4. The van der Waals surface area contributed by atoms with Gasteiger partial charge >= 0.3 is 5.97 Å². The summed E-state index contributed by atoms with van der Waals surface area (Å²) in [6, 6.07) is 6.07. The van der Waals surface area contributed by atoms with Crippen molar-refractivity contribution in [2.45, 2.75) is 23.7 Å². The molecule has 0 radical (unpaired) electrons. The number of fused-ring (bicyclic) bond motifs is 1. The predicted molar refractivity (Wildman–Crippen MR) is 81.6 cm³/mol. The van der Waals surface area contributed by atoms with E-state index in [2.05, 4.69) is 20.3 Å². The molecule has 0 amide bonds. The lowest BCUT2D eigenvalue weighted by Gasteiger charge is -2.05. The number of nitrogens with zero attached hydrogens (tertiary/aromatic N) is 5. The third-order valence-electron chi connectivity index (χ3n) is 3.15. The van der Waals surface area contributed by atoms with Gasteiger partial charge < -0.3 is 5.11 Å². The minimum atomic E-state index is -0.930. The molecule has 3 rings (SSSR count). The van der Waals surface area contributed by atoms with E-state index in [9.17, 15) is 9.18 Å². The van der Waals surface area contributed by atoms with Crippen LogP contribution >= 0.6 is 11.8 Å². The average Bonchev–Trinajstić information content (AvgIpc) is 2.94. The van der Waals surface area contributed by atoms with E-state index < -0.39 is 11.2 Å². The van der Waals surface area contributed by atoms with Crippen LogP contribution in [0.25, 0.3) is 11.2 Å². The summed E-state index contributed by atoms with van der Waals surface area (Å²) in [5.41, 5.74) is 1.81. The van der Waals surface area contributed by atoms with Crippen LogP contribution in [0.15, 0.2) is 35.6 Å². The lowest BCUT2D eigenvalue weighted by Crippen LogP contribution is -2.11. The first kappa shape index (κ1) is 15.3. The van der Waals surface area contributed by atoms with Crippen molar-refractivity contribution >= 4 is 28.9 Å². The van der Waals surface area contributed by atoms with E-state index in [4.69, 9.17) is 5.11 Å². The number of aliphatic carboxylic acids is 1. The zero-order chi connectivity index (χ0) is 16.4. The van der Waals surface area contributed by atoms with Gasteiger partial charge in [0.2, 0.25) is 0 Å². The van der Waals surface area contributed by atoms with Gasteiger partial charge in [-0.25, -0.2) is 19.0 Å². The van der Waals surface area contributed by atoms with Gasteiger partial charge in [-0.2, -0.15) is 0 Å². The van der Waals surface area contributed by atoms with Gasteiger partial charge in [-0.1, -0.05) is 29.1 Å². The minimum Gasteiger partial charge on any atom is -0.480 e. The molecule has 2 heterocycles. The Kier molecular flexibility index (Phi) is 4.20. The first-order valence-electron chi connectivity index (χ1n) is 6.72. The molecule has 0 saturated heterocycles. The van der Waals surface area contributed by atoms with E-state index in [1.807, 2.05) is 0 Å². The number of aromatic nitrogens is 5. The second-order valence-corrected chi connectivity index (χ2v) is 6.15. The fourth-order valence-electron chi connectivity index (χ4n) is 1.94. The lowest BCUT2D eigenvalue weighted by atomic mass is 10.2. The van der Waals surface area contributed by atoms with Gasteiger partial charge in [0.05, 0.1) is 6.54 Å². The molecule has 118 valence electrons. The van der Waals surface area contributed by atoms with E-state index in [1.54, 1.807) is 23.7 Å². The molecule has 0 spiro atoms. The fraction of sp³-hybridized carbons (Fsp3) is 0.214. The first-order valence-corrected chi connectivity index (χ1v) is 7.60. The van der Waals surface area contributed by atoms with E-state index in [-0.39, 0.29) is 5.82 Å². The Bertz CT molecular complexity index is 852. The summed E-state index contributed by atoms with van der Waals surface area (Å²) in [5, 5.41) is 16.9. The first-order chi connectivity index (χ1) is 11.0. The molecule has 0 aliphatic carbocycles. The maximum Gasteiger partial charge on any atom is 0.316 e. The van der Waals surface area contributed by atoms with Crippen LogP contribution in [0.5, 0.6) is 0 Å². The number of benzene rings is 1. The fourth-order valence-corrected chi connectivity index (χ4v) is 2.73. The summed E-state index contributed by atoms with van der Waals surface area (Å²) in [4.78, 5) is 19.2. The molecule has 7 nitrogen and oxygen atoms in total. The quantitative estimate of drug-likeness (QED) is 0.563. The van der Waals surface area contributed by atoms with Crippen LogP contribution < -0.4 is 0 Å². The number of halogens is 1. The van der Waals surface area contributed by atoms with Gasteiger partial charge in [-0.3, -0.25) is 4.79 Å². The van der Waals surface area contributed by atoms with E-state index in [1.165, 1.54) is 18.5 Å². The Morgan fingerprint density at radius 1 is 1.35 bits per heavy atom. The maximum absolute atomic E-state index is 13.0. The van der Waals surface area contributed by atoms with E-state index in [0.717, 1.165) is 17.3 Å². The molecule has 0 aliphatic heterocycles. The highest BCUT2D eigenvalue weighted by Gasteiger charge is 2.18. The van der Waals surface area contributed by atoms with Gasteiger partial charge in [-0.05, 0) is 24.6 Å².